The van der Waals surface area contributed by atoms with E-state index in [2.05, 4.69) is 0 Å². The molecular formula is C11H14F3N3O2. The largest absolute Gasteiger partial charge is 0.418 e. The summed E-state index contributed by atoms with van der Waals surface area (Å²) in [4.78, 5) is 11.1. The average molecular weight is 277 g/mol. The molecule has 0 saturated carbocycles. The van der Waals surface area contributed by atoms with Crippen molar-refractivity contribution in [3.8, 4) is 0 Å². The second-order valence-corrected chi connectivity index (χ2v) is 3.82. The number of anilines is 1. The van der Waals surface area contributed by atoms with Gasteiger partial charge in [-0.3, -0.25) is 10.1 Å². The molecule has 0 aliphatic rings. The van der Waals surface area contributed by atoms with Crippen LogP contribution in [0.2, 0.25) is 0 Å². The van der Waals surface area contributed by atoms with Gasteiger partial charge in [0.05, 0.1) is 10.5 Å². The second kappa shape index (κ2) is 5.87. The Hall–Kier alpha value is -1.83. The first-order valence-electron chi connectivity index (χ1n) is 5.62. The Morgan fingerprint density at radius 1 is 1.42 bits per heavy atom. The number of hydrogen-bond donors (Lipinski definition) is 1. The summed E-state index contributed by atoms with van der Waals surface area (Å²) in [6, 6.07) is 2.72. The van der Waals surface area contributed by atoms with E-state index in [1.165, 1.54) is 4.90 Å². The molecule has 1 aromatic carbocycles. The Balaban J connectivity index is 3.34. The van der Waals surface area contributed by atoms with E-state index in [1.54, 1.807) is 6.92 Å². The first-order chi connectivity index (χ1) is 8.81. The van der Waals surface area contributed by atoms with Gasteiger partial charge in [0.25, 0.3) is 5.69 Å². The standard InChI is InChI=1S/C11H14F3N3O2/c1-2-16(6-5-15)10-4-3-8(17(18)19)7-9(10)11(12,13)14/h3-4,7H,2,5-6,15H2,1H3. The van der Waals surface area contributed by atoms with Crippen LogP contribution in [0.3, 0.4) is 0 Å². The van der Waals surface area contributed by atoms with Crippen molar-refractivity contribution in [1.29, 1.82) is 0 Å². The van der Waals surface area contributed by atoms with E-state index in [0.29, 0.717) is 12.6 Å². The molecule has 0 aliphatic carbocycles. The van der Waals surface area contributed by atoms with Crippen LogP contribution in [-0.4, -0.2) is 24.6 Å². The lowest BCUT2D eigenvalue weighted by Gasteiger charge is -2.25. The lowest BCUT2D eigenvalue weighted by molar-refractivity contribution is -0.385. The summed E-state index contributed by atoms with van der Waals surface area (Å²) in [6.07, 6.45) is -4.65. The highest BCUT2D eigenvalue weighted by Crippen LogP contribution is 2.38. The van der Waals surface area contributed by atoms with Gasteiger partial charge >= 0.3 is 6.18 Å². The van der Waals surface area contributed by atoms with Crippen molar-refractivity contribution in [2.45, 2.75) is 13.1 Å². The Morgan fingerprint density at radius 2 is 2.05 bits per heavy atom. The average Bonchev–Trinajstić information content (AvgIpc) is 2.34. The fraction of sp³-hybridized carbons (Fsp3) is 0.455. The fourth-order valence-electron chi connectivity index (χ4n) is 1.75. The monoisotopic (exact) mass is 277 g/mol. The molecule has 0 bridgehead atoms. The minimum atomic E-state index is -4.65. The maximum absolute atomic E-state index is 12.9. The molecule has 106 valence electrons. The van der Waals surface area contributed by atoms with Gasteiger partial charge in [-0.05, 0) is 13.0 Å². The van der Waals surface area contributed by atoms with Crippen LogP contribution in [0.5, 0.6) is 0 Å². The van der Waals surface area contributed by atoms with Crippen molar-refractivity contribution in [3.05, 3.63) is 33.9 Å². The molecule has 1 aromatic rings. The lowest BCUT2D eigenvalue weighted by atomic mass is 10.1. The third-order valence-electron chi connectivity index (χ3n) is 2.62. The predicted molar refractivity (Wildman–Crippen MR) is 65.0 cm³/mol. The quantitative estimate of drug-likeness (QED) is 0.662. The zero-order valence-electron chi connectivity index (χ0n) is 10.3. The summed E-state index contributed by atoms with van der Waals surface area (Å²) in [5.74, 6) is 0. The molecule has 0 heterocycles. The van der Waals surface area contributed by atoms with Gasteiger partial charge in [0.1, 0.15) is 0 Å². The molecule has 0 spiro atoms. The number of rotatable bonds is 5. The first kappa shape index (κ1) is 15.2. The van der Waals surface area contributed by atoms with E-state index < -0.39 is 22.4 Å². The van der Waals surface area contributed by atoms with Crippen LogP contribution in [0, 0.1) is 10.1 Å². The molecule has 0 amide bonds. The van der Waals surface area contributed by atoms with Crippen molar-refractivity contribution in [2.24, 2.45) is 5.73 Å². The molecule has 0 fully saturated rings. The molecule has 5 nitrogen and oxygen atoms in total. The van der Waals surface area contributed by atoms with Crippen molar-refractivity contribution in [1.82, 2.24) is 0 Å². The van der Waals surface area contributed by atoms with Crippen LogP contribution < -0.4 is 10.6 Å². The number of hydrogen-bond acceptors (Lipinski definition) is 4. The van der Waals surface area contributed by atoms with E-state index >= 15 is 0 Å². The Morgan fingerprint density at radius 3 is 2.47 bits per heavy atom. The molecule has 8 heteroatoms. The van der Waals surface area contributed by atoms with Gasteiger partial charge in [-0.15, -0.1) is 0 Å². The highest BCUT2D eigenvalue weighted by molar-refractivity contribution is 5.59. The number of nitrogens with two attached hydrogens (primary N) is 1. The normalized spacial score (nSPS) is 11.4. The molecular weight excluding hydrogens is 263 g/mol. The third kappa shape index (κ3) is 3.57. The highest BCUT2D eigenvalue weighted by Gasteiger charge is 2.36. The van der Waals surface area contributed by atoms with Gasteiger partial charge in [-0.1, -0.05) is 0 Å². The molecule has 1 rings (SSSR count). The summed E-state index contributed by atoms with van der Waals surface area (Å²) < 4.78 is 38.8. The number of nitrogens with zero attached hydrogens (tertiary/aromatic N) is 2. The van der Waals surface area contributed by atoms with Crippen LogP contribution in [0.25, 0.3) is 0 Å². The van der Waals surface area contributed by atoms with Gasteiger partial charge in [-0.25, -0.2) is 0 Å². The maximum atomic E-state index is 12.9. The summed E-state index contributed by atoms with van der Waals surface area (Å²) in [5, 5.41) is 10.6. The zero-order chi connectivity index (χ0) is 14.6. The first-order valence-corrected chi connectivity index (χ1v) is 5.62. The van der Waals surface area contributed by atoms with Crippen LogP contribution >= 0.6 is 0 Å². The van der Waals surface area contributed by atoms with Crippen LogP contribution in [-0.2, 0) is 6.18 Å². The number of benzene rings is 1. The predicted octanol–water partition coefficient (Wildman–Crippen LogP) is 2.40. The van der Waals surface area contributed by atoms with Crippen molar-refractivity contribution >= 4 is 11.4 Å². The fourth-order valence-corrected chi connectivity index (χ4v) is 1.75. The SMILES string of the molecule is CCN(CCN)c1ccc([N+](=O)[O-])cc1C(F)(F)F. The third-order valence-corrected chi connectivity index (χ3v) is 2.62. The van der Waals surface area contributed by atoms with E-state index in [4.69, 9.17) is 5.73 Å². The van der Waals surface area contributed by atoms with Crippen molar-refractivity contribution < 1.29 is 18.1 Å². The van der Waals surface area contributed by atoms with E-state index in [0.717, 1.165) is 12.1 Å². The lowest BCUT2D eigenvalue weighted by Crippen LogP contribution is -2.31. The molecule has 0 unspecified atom stereocenters. The van der Waals surface area contributed by atoms with E-state index in [9.17, 15) is 23.3 Å². The van der Waals surface area contributed by atoms with Crippen molar-refractivity contribution in [3.63, 3.8) is 0 Å². The topological polar surface area (TPSA) is 72.4 Å². The number of nitro groups is 1. The maximum Gasteiger partial charge on any atom is 0.418 e. The number of halogens is 3. The van der Waals surface area contributed by atoms with Gasteiger partial charge in [0, 0.05) is 37.5 Å². The molecule has 0 aromatic heterocycles. The summed E-state index contributed by atoms with van der Waals surface area (Å²) >= 11 is 0. The highest BCUT2D eigenvalue weighted by atomic mass is 19.4. The molecule has 0 saturated heterocycles. The van der Waals surface area contributed by atoms with Gasteiger partial charge in [0.2, 0.25) is 0 Å². The number of non-ortho nitro benzene ring substituents is 1. The number of alkyl halides is 3. The second-order valence-electron chi connectivity index (χ2n) is 3.82. The van der Waals surface area contributed by atoms with Crippen LogP contribution in [0.4, 0.5) is 24.5 Å². The minimum Gasteiger partial charge on any atom is -0.370 e. The Bertz CT molecular complexity index is 463. The molecule has 0 aliphatic heterocycles. The number of likely N-dealkylation sites (N-methyl/N-ethyl adjacent to an activating group) is 1. The Labute approximate surface area is 108 Å². The van der Waals surface area contributed by atoms with Gasteiger partial charge in [-0.2, -0.15) is 13.2 Å². The molecule has 2 N–H and O–H groups in total. The van der Waals surface area contributed by atoms with E-state index in [-0.39, 0.29) is 18.8 Å². The molecule has 19 heavy (non-hydrogen) atoms. The van der Waals surface area contributed by atoms with Crippen LogP contribution in [0.1, 0.15) is 12.5 Å². The zero-order valence-corrected chi connectivity index (χ0v) is 10.3. The summed E-state index contributed by atoms with van der Waals surface area (Å²) in [7, 11) is 0. The molecule has 0 atom stereocenters. The summed E-state index contributed by atoms with van der Waals surface area (Å²) in [6.45, 7) is 2.47. The number of nitro benzene ring substituents is 1. The van der Waals surface area contributed by atoms with Gasteiger partial charge < -0.3 is 10.6 Å². The Kier molecular flexibility index (Phi) is 4.71. The van der Waals surface area contributed by atoms with Gasteiger partial charge in [0.15, 0.2) is 0 Å². The summed E-state index contributed by atoms with van der Waals surface area (Å²) in [5.41, 5.74) is 3.66. The molecule has 0 radical (unpaired) electrons. The van der Waals surface area contributed by atoms with E-state index in [1.807, 2.05) is 0 Å². The van der Waals surface area contributed by atoms with Crippen LogP contribution in [0.15, 0.2) is 18.2 Å². The smallest absolute Gasteiger partial charge is 0.370 e. The minimum absolute atomic E-state index is 0.0916. The van der Waals surface area contributed by atoms with Crippen molar-refractivity contribution in [2.75, 3.05) is 24.5 Å².